The van der Waals surface area contributed by atoms with Crippen LogP contribution in [0.5, 0.6) is 0 Å². The van der Waals surface area contributed by atoms with Crippen LogP contribution in [0.1, 0.15) is 105 Å². The van der Waals surface area contributed by atoms with E-state index in [0.717, 1.165) is 11.2 Å². The van der Waals surface area contributed by atoms with Crippen molar-refractivity contribution in [2.24, 2.45) is 7.05 Å². The van der Waals surface area contributed by atoms with Gasteiger partial charge in [0.1, 0.15) is 22.5 Å². The van der Waals surface area contributed by atoms with Crippen LogP contribution in [-0.4, -0.2) is 67.5 Å². The number of aryl methyl sites for hydroxylation is 1. The molecule has 0 saturated carbocycles. The Bertz CT molecular complexity index is 1160. The van der Waals surface area contributed by atoms with Crippen LogP contribution in [0.15, 0.2) is 12.3 Å². The van der Waals surface area contributed by atoms with E-state index in [1.54, 1.807) is 11.1 Å². The molecule has 1 amide bonds. The Balaban J connectivity index is 1.73. The summed E-state index contributed by atoms with van der Waals surface area (Å²) in [6.07, 6.45) is 2.24. The Morgan fingerprint density at radius 3 is 2.42 bits per heavy atom. The van der Waals surface area contributed by atoms with Crippen LogP contribution in [-0.2, 0) is 26.7 Å². The fraction of sp³-hybridized carbons (Fsp3) is 0.724. The van der Waals surface area contributed by atoms with Gasteiger partial charge in [0.2, 0.25) is 0 Å². The first-order valence-corrected chi connectivity index (χ1v) is 13.6. The number of hydrogen-bond donors (Lipinski definition) is 0. The van der Waals surface area contributed by atoms with Gasteiger partial charge in [-0.1, -0.05) is 20.8 Å². The smallest absolute Gasteiger partial charge is 0.412 e. The molecule has 0 bridgehead atoms. The number of ketones is 1. The third-order valence-corrected chi connectivity index (χ3v) is 6.67. The normalized spacial score (nSPS) is 18.8. The number of Topliss-reactive ketones (excluding diaryl/α,β-unsaturated/α-hetero) is 1. The Labute approximate surface area is 227 Å². The van der Waals surface area contributed by atoms with Crippen molar-refractivity contribution in [3.63, 3.8) is 0 Å². The summed E-state index contributed by atoms with van der Waals surface area (Å²) in [5.74, 6) is -0.0618. The zero-order valence-electron chi connectivity index (χ0n) is 25.0. The molecule has 2 aromatic heterocycles. The van der Waals surface area contributed by atoms with Gasteiger partial charge in [-0.25, -0.2) is 9.78 Å². The molecule has 1 aliphatic rings. The molecule has 3 rings (SSSR count). The highest BCUT2D eigenvalue weighted by atomic mass is 16.6. The van der Waals surface area contributed by atoms with E-state index in [2.05, 4.69) is 30.7 Å². The number of carbonyl (C=O) groups excluding carboxylic acids is 2. The Kier molecular flexibility index (Phi) is 8.63. The fourth-order valence-electron chi connectivity index (χ4n) is 5.00. The number of aromatic nitrogens is 3. The zero-order chi connectivity index (χ0) is 28.6. The third-order valence-electron chi connectivity index (χ3n) is 6.67. The molecular weight excluding hydrogens is 484 g/mol. The summed E-state index contributed by atoms with van der Waals surface area (Å²) in [7, 11) is 1.96. The average Bonchev–Trinajstić information content (AvgIpc) is 3.27. The highest BCUT2D eigenvalue weighted by Crippen LogP contribution is 2.34. The quantitative estimate of drug-likeness (QED) is 0.399. The molecule has 2 aromatic rings. The highest BCUT2D eigenvalue weighted by molar-refractivity contribution is 5.95. The van der Waals surface area contributed by atoms with Gasteiger partial charge in [0, 0.05) is 24.6 Å². The first-order chi connectivity index (χ1) is 17.4. The molecule has 0 N–H and O–H groups in total. The summed E-state index contributed by atoms with van der Waals surface area (Å²) >= 11 is 0. The SMILES string of the molecule is CC(C)O[C@H](CCCC(=O)c1cnc2cc(C(C)(C)C)n(C)c2n1)[C@@H]1COC(C)(C)N1C(=O)OC(C)(C)C. The number of nitrogens with zero attached hydrogens (tertiary/aromatic N) is 4. The van der Waals surface area contributed by atoms with E-state index in [4.69, 9.17) is 14.2 Å². The molecule has 9 heteroatoms. The van der Waals surface area contributed by atoms with E-state index < -0.39 is 17.4 Å². The Hall–Kier alpha value is -2.52. The van der Waals surface area contributed by atoms with Crippen molar-refractivity contribution in [2.75, 3.05) is 6.61 Å². The maximum absolute atomic E-state index is 13.1. The van der Waals surface area contributed by atoms with Crippen LogP contribution in [0, 0.1) is 0 Å². The van der Waals surface area contributed by atoms with Crippen LogP contribution in [0.3, 0.4) is 0 Å². The number of rotatable bonds is 8. The molecule has 38 heavy (non-hydrogen) atoms. The minimum absolute atomic E-state index is 0.0532. The first-order valence-electron chi connectivity index (χ1n) is 13.6. The average molecular weight is 531 g/mol. The second-order valence-electron chi connectivity index (χ2n) is 13.0. The van der Waals surface area contributed by atoms with Crippen molar-refractivity contribution in [3.8, 4) is 0 Å². The topological polar surface area (TPSA) is 95.8 Å². The lowest BCUT2D eigenvalue weighted by Crippen LogP contribution is -2.54. The standard InChI is InChI=1S/C29H46N4O5/c1-18(2)37-23(21-17-36-29(9,10)33(21)26(35)38-28(6,7)8)14-12-13-22(34)20-16-30-19-15-24(27(3,4)5)32(11)25(19)31-20/h15-16,18,21,23H,12-14,17H2,1-11H3/t21-,23+/m0/s1. The zero-order valence-corrected chi connectivity index (χ0v) is 25.0. The van der Waals surface area contributed by atoms with E-state index in [0.29, 0.717) is 37.2 Å². The van der Waals surface area contributed by atoms with Gasteiger partial charge < -0.3 is 18.8 Å². The molecule has 1 aliphatic heterocycles. The summed E-state index contributed by atoms with van der Waals surface area (Å²) in [5, 5.41) is 0. The van der Waals surface area contributed by atoms with Crippen LogP contribution in [0.4, 0.5) is 4.79 Å². The largest absolute Gasteiger partial charge is 0.444 e. The molecule has 0 radical (unpaired) electrons. The molecule has 1 fully saturated rings. The molecule has 0 aromatic carbocycles. The molecule has 1 saturated heterocycles. The number of hydrogen-bond acceptors (Lipinski definition) is 7. The second-order valence-corrected chi connectivity index (χ2v) is 13.0. The highest BCUT2D eigenvalue weighted by Gasteiger charge is 2.49. The van der Waals surface area contributed by atoms with E-state index in [1.165, 1.54) is 0 Å². The van der Waals surface area contributed by atoms with Crippen molar-refractivity contribution in [2.45, 2.75) is 123 Å². The molecule has 2 atom stereocenters. The van der Waals surface area contributed by atoms with Gasteiger partial charge in [-0.2, -0.15) is 0 Å². The molecule has 0 unspecified atom stereocenters. The van der Waals surface area contributed by atoms with E-state index in [-0.39, 0.29) is 29.4 Å². The number of carbonyl (C=O) groups is 2. The fourth-order valence-corrected chi connectivity index (χ4v) is 5.00. The predicted molar refractivity (Wildman–Crippen MR) is 147 cm³/mol. The minimum Gasteiger partial charge on any atom is -0.444 e. The summed E-state index contributed by atoms with van der Waals surface area (Å²) in [5.41, 5.74) is 1.45. The molecule has 0 spiro atoms. The van der Waals surface area contributed by atoms with Crippen LogP contribution in [0.2, 0.25) is 0 Å². The van der Waals surface area contributed by atoms with E-state index in [1.807, 2.05) is 66.1 Å². The van der Waals surface area contributed by atoms with Gasteiger partial charge in [-0.15, -0.1) is 0 Å². The van der Waals surface area contributed by atoms with Crippen LogP contribution < -0.4 is 0 Å². The first kappa shape index (κ1) is 30.0. The number of amides is 1. The van der Waals surface area contributed by atoms with Crippen molar-refractivity contribution < 1.29 is 23.8 Å². The van der Waals surface area contributed by atoms with Crippen molar-refractivity contribution >= 4 is 23.0 Å². The Morgan fingerprint density at radius 2 is 1.84 bits per heavy atom. The molecule has 9 nitrogen and oxygen atoms in total. The van der Waals surface area contributed by atoms with Crippen LogP contribution >= 0.6 is 0 Å². The number of fused-ring (bicyclic) bond motifs is 1. The molecular formula is C29H46N4O5. The third kappa shape index (κ3) is 6.91. The Morgan fingerprint density at radius 1 is 1.18 bits per heavy atom. The minimum atomic E-state index is -0.826. The number of ether oxygens (including phenoxy) is 3. The second kappa shape index (κ2) is 10.9. The monoisotopic (exact) mass is 530 g/mol. The predicted octanol–water partition coefficient (Wildman–Crippen LogP) is 5.78. The lowest BCUT2D eigenvalue weighted by atomic mass is 9.92. The lowest BCUT2D eigenvalue weighted by Gasteiger charge is -2.38. The van der Waals surface area contributed by atoms with Gasteiger partial charge in [0.25, 0.3) is 0 Å². The summed E-state index contributed by atoms with van der Waals surface area (Å²) in [6, 6.07) is 1.71. The summed E-state index contributed by atoms with van der Waals surface area (Å²) in [6.45, 7) is 19.9. The van der Waals surface area contributed by atoms with Crippen LogP contribution in [0.25, 0.3) is 11.2 Å². The van der Waals surface area contributed by atoms with E-state index >= 15 is 0 Å². The summed E-state index contributed by atoms with van der Waals surface area (Å²) < 4.78 is 20.0. The maximum Gasteiger partial charge on any atom is 0.412 e. The maximum atomic E-state index is 13.1. The van der Waals surface area contributed by atoms with Gasteiger partial charge in [-0.05, 0) is 67.4 Å². The van der Waals surface area contributed by atoms with Gasteiger partial charge in [0.05, 0.1) is 31.1 Å². The van der Waals surface area contributed by atoms with Gasteiger partial charge in [-0.3, -0.25) is 14.7 Å². The van der Waals surface area contributed by atoms with E-state index in [9.17, 15) is 9.59 Å². The van der Waals surface area contributed by atoms with Gasteiger partial charge in [0.15, 0.2) is 11.4 Å². The molecule has 3 heterocycles. The van der Waals surface area contributed by atoms with Crippen molar-refractivity contribution in [1.29, 1.82) is 0 Å². The van der Waals surface area contributed by atoms with Gasteiger partial charge >= 0.3 is 6.09 Å². The summed E-state index contributed by atoms with van der Waals surface area (Å²) in [4.78, 5) is 37.1. The van der Waals surface area contributed by atoms with Crippen molar-refractivity contribution in [1.82, 2.24) is 19.4 Å². The lowest BCUT2D eigenvalue weighted by molar-refractivity contribution is -0.0795. The molecule has 212 valence electrons. The molecule has 0 aliphatic carbocycles. The van der Waals surface area contributed by atoms with Crippen molar-refractivity contribution in [3.05, 3.63) is 23.7 Å².